The number of fused-ring (bicyclic) bond motifs is 1. The third kappa shape index (κ3) is 2.69. The molecule has 0 heterocycles. The molecule has 0 spiro atoms. The molecule has 0 aromatic heterocycles. The number of rotatable bonds is 3. The minimum Gasteiger partial charge on any atom is -0.508 e. The summed E-state index contributed by atoms with van der Waals surface area (Å²) in [5.41, 5.74) is 6.67. The van der Waals surface area contributed by atoms with Crippen molar-refractivity contribution in [1.82, 2.24) is 0 Å². The maximum Gasteiger partial charge on any atom is 0.120 e. The van der Waals surface area contributed by atoms with Crippen molar-refractivity contribution < 1.29 is 10.2 Å². The number of phenolic OH excluding ortho intramolecular Hbond substituents is 1. The van der Waals surface area contributed by atoms with Crippen molar-refractivity contribution in [2.75, 3.05) is 6.61 Å². The predicted molar refractivity (Wildman–Crippen MR) is 71.5 cm³/mol. The van der Waals surface area contributed by atoms with Crippen LogP contribution in [-0.4, -0.2) is 16.8 Å². The Morgan fingerprint density at radius 3 is 2.53 bits per heavy atom. The van der Waals surface area contributed by atoms with Gasteiger partial charge in [0.1, 0.15) is 5.75 Å². The zero-order chi connectivity index (χ0) is 11.5. The SMILES string of the molecule is Cl.N[C@@H](CCO)c1c(O)ccc2ccccc12. The summed E-state index contributed by atoms with van der Waals surface area (Å²) in [5, 5.41) is 20.7. The average molecular weight is 254 g/mol. The minimum absolute atomic E-state index is 0. The fraction of sp³-hybridized carbons (Fsp3) is 0.231. The first-order valence-corrected chi connectivity index (χ1v) is 5.31. The van der Waals surface area contributed by atoms with Gasteiger partial charge in [-0.05, 0) is 23.3 Å². The first-order valence-electron chi connectivity index (χ1n) is 5.31. The predicted octanol–water partition coefficient (Wildman–Crippen LogP) is 2.35. The van der Waals surface area contributed by atoms with E-state index in [-0.39, 0.29) is 30.8 Å². The lowest BCUT2D eigenvalue weighted by atomic mass is 9.96. The lowest BCUT2D eigenvalue weighted by Gasteiger charge is -2.15. The number of phenols is 1. The summed E-state index contributed by atoms with van der Waals surface area (Å²) in [5.74, 6) is 0.194. The number of nitrogens with two attached hydrogens (primary N) is 1. The summed E-state index contributed by atoms with van der Waals surface area (Å²) in [4.78, 5) is 0. The van der Waals surface area contributed by atoms with E-state index in [0.717, 1.165) is 10.8 Å². The summed E-state index contributed by atoms with van der Waals surface area (Å²) in [7, 11) is 0. The normalized spacial score (nSPS) is 12.1. The lowest BCUT2D eigenvalue weighted by molar-refractivity contribution is 0.276. The lowest BCUT2D eigenvalue weighted by Crippen LogP contribution is -2.12. The standard InChI is InChI=1S/C13H15NO2.ClH/c14-11(7-8-15)13-10-4-2-1-3-9(10)5-6-12(13)16;/h1-6,11,15-16H,7-8,14H2;1H/t11-;/m0./s1. The molecule has 0 bridgehead atoms. The van der Waals surface area contributed by atoms with Crippen molar-refractivity contribution >= 4 is 23.2 Å². The topological polar surface area (TPSA) is 66.5 Å². The summed E-state index contributed by atoms with van der Waals surface area (Å²) >= 11 is 0. The number of hydrogen-bond acceptors (Lipinski definition) is 3. The maximum absolute atomic E-state index is 9.84. The second kappa shape index (κ2) is 5.87. The first-order chi connectivity index (χ1) is 7.74. The van der Waals surface area contributed by atoms with Crippen molar-refractivity contribution in [1.29, 1.82) is 0 Å². The molecule has 0 aliphatic carbocycles. The van der Waals surface area contributed by atoms with Crippen LogP contribution in [0.15, 0.2) is 36.4 Å². The summed E-state index contributed by atoms with van der Waals surface area (Å²) in [6.45, 7) is 0.0177. The summed E-state index contributed by atoms with van der Waals surface area (Å²) < 4.78 is 0. The van der Waals surface area contributed by atoms with Crippen molar-refractivity contribution in [3.8, 4) is 5.75 Å². The van der Waals surface area contributed by atoms with Crippen LogP contribution in [0.4, 0.5) is 0 Å². The van der Waals surface area contributed by atoms with Gasteiger partial charge in [-0.2, -0.15) is 0 Å². The van der Waals surface area contributed by atoms with Crippen LogP contribution in [0.3, 0.4) is 0 Å². The van der Waals surface area contributed by atoms with E-state index in [1.807, 2.05) is 30.3 Å². The van der Waals surface area contributed by atoms with E-state index < -0.39 is 0 Å². The molecule has 0 aliphatic heterocycles. The van der Waals surface area contributed by atoms with Gasteiger partial charge < -0.3 is 15.9 Å². The Kier molecular flexibility index (Phi) is 4.75. The van der Waals surface area contributed by atoms with E-state index in [0.29, 0.717) is 12.0 Å². The Morgan fingerprint density at radius 2 is 1.82 bits per heavy atom. The second-order valence-corrected chi connectivity index (χ2v) is 3.84. The summed E-state index contributed by atoms with van der Waals surface area (Å²) in [6, 6.07) is 10.9. The highest BCUT2D eigenvalue weighted by Gasteiger charge is 2.13. The van der Waals surface area contributed by atoms with Gasteiger partial charge in [0.2, 0.25) is 0 Å². The number of aromatic hydroxyl groups is 1. The zero-order valence-electron chi connectivity index (χ0n) is 9.34. The first kappa shape index (κ1) is 13.8. The van der Waals surface area contributed by atoms with Gasteiger partial charge in [0, 0.05) is 18.2 Å². The molecule has 0 fully saturated rings. The van der Waals surface area contributed by atoms with Gasteiger partial charge in [0.25, 0.3) is 0 Å². The van der Waals surface area contributed by atoms with E-state index in [1.54, 1.807) is 6.07 Å². The zero-order valence-corrected chi connectivity index (χ0v) is 10.2. The van der Waals surface area contributed by atoms with E-state index in [9.17, 15) is 5.11 Å². The van der Waals surface area contributed by atoms with Crippen LogP contribution in [0.2, 0.25) is 0 Å². The molecule has 1 atom stereocenters. The fourth-order valence-electron chi connectivity index (χ4n) is 1.96. The van der Waals surface area contributed by atoms with E-state index in [4.69, 9.17) is 10.8 Å². The van der Waals surface area contributed by atoms with E-state index in [1.165, 1.54) is 0 Å². The molecular formula is C13H16ClNO2. The number of hydrogen-bond donors (Lipinski definition) is 3. The van der Waals surface area contributed by atoms with Gasteiger partial charge in [-0.1, -0.05) is 30.3 Å². The maximum atomic E-state index is 9.84. The molecule has 17 heavy (non-hydrogen) atoms. The van der Waals surface area contributed by atoms with Crippen LogP contribution < -0.4 is 5.73 Å². The highest BCUT2D eigenvalue weighted by Crippen LogP contribution is 2.32. The van der Waals surface area contributed by atoms with Gasteiger partial charge in [-0.3, -0.25) is 0 Å². The molecule has 0 unspecified atom stereocenters. The third-order valence-electron chi connectivity index (χ3n) is 2.76. The van der Waals surface area contributed by atoms with Gasteiger partial charge in [0.05, 0.1) is 0 Å². The number of aliphatic hydroxyl groups excluding tert-OH is 1. The number of aliphatic hydroxyl groups is 1. The Bertz CT molecular complexity index is 502. The smallest absolute Gasteiger partial charge is 0.120 e. The molecular weight excluding hydrogens is 238 g/mol. The van der Waals surface area contributed by atoms with Gasteiger partial charge in [0.15, 0.2) is 0 Å². The van der Waals surface area contributed by atoms with E-state index >= 15 is 0 Å². The highest BCUT2D eigenvalue weighted by molar-refractivity contribution is 5.88. The molecule has 0 amide bonds. The van der Waals surface area contributed by atoms with Crippen LogP contribution in [0, 0.1) is 0 Å². The number of benzene rings is 2. The van der Waals surface area contributed by atoms with Crippen molar-refractivity contribution in [3.63, 3.8) is 0 Å². The van der Waals surface area contributed by atoms with Crippen molar-refractivity contribution in [2.45, 2.75) is 12.5 Å². The van der Waals surface area contributed by atoms with Crippen LogP contribution >= 0.6 is 12.4 Å². The third-order valence-corrected chi connectivity index (χ3v) is 2.76. The molecule has 0 saturated carbocycles. The van der Waals surface area contributed by atoms with Crippen LogP contribution in [0.25, 0.3) is 10.8 Å². The number of halogens is 1. The van der Waals surface area contributed by atoms with Crippen LogP contribution in [0.1, 0.15) is 18.0 Å². The fourth-order valence-corrected chi connectivity index (χ4v) is 1.96. The molecule has 2 aromatic carbocycles. The van der Waals surface area contributed by atoms with Crippen molar-refractivity contribution in [2.24, 2.45) is 5.73 Å². The minimum atomic E-state index is -0.337. The molecule has 0 aliphatic rings. The summed E-state index contributed by atoms with van der Waals surface area (Å²) in [6.07, 6.45) is 0.446. The van der Waals surface area contributed by atoms with Crippen LogP contribution in [0.5, 0.6) is 5.75 Å². The molecule has 4 heteroatoms. The molecule has 4 N–H and O–H groups in total. The largest absolute Gasteiger partial charge is 0.508 e. The quantitative estimate of drug-likeness (QED) is 0.787. The van der Waals surface area contributed by atoms with Gasteiger partial charge in [-0.15, -0.1) is 12.4 Å². The second-order valence-electron chi connectivity index (χ2n) is 3.84. The Morgan fingerprint density at radius 1 is 1.12 bits per heavy atom. The Balaban J connectivity index is 0.00000144. The monoisotopic (exact) mass is 253 g/mol. The molecule has 3 nitrogen and oxygen atoms in total. The molecule has 0 radical (unpaired) electrons. The van der Waals surface area contributed by atoms with E-state index in [2.05, 4.69) is 0 Å². The van der Waals surface area contributed by atoms with Crippen molar-refractivity contribution in [3.05, 3.63) is 42.0 Å². The highest BCUT2D eigenvalue weighted by atomic mass is 35.5. The Hall–Kier alpha value is -1.29. The van der Waals surface area contributed by atoms with Gasteiger partial charge in [-0.25, -0.2) is 0 Å². The average Bonchev–Trinajstić information content (AvgIpc) is 2.29. The molecule has 92 valence electrons. The molecule has 2 aromatic rings. The molecule has 2 rings (SSSR count). The van der Waals surface area contributed by atoms with Gasteiger partial charge >= 0.3 is 0 Å². The Labute approximate surface area is 106 Å². The van der Waals surface area contributed by atoms with Crippen LogP contribution in [-0.2, 0) is 0 Å². The molecule has 0 saturated heterocycles.